The zero-order valence-electron chi connectivity index (χ0n) is 19.9. The molecule has 3 heterocycles. The van der Waals surface area contributed by atoms with Crippen LogP contribution >= 0.6 is 0 Å². The van der Waals surface area contributed by atoms with Gasteiger partial charge in [-0.2, -0.15) is 8.42 Å². The zero-order chi connectivity index (χ0) is 26.8. The third-order valence-electron chi connectivity index (χ3n) is 5.98. The number of hydrogen-bond donors (Lipinski definition) is 3. The van der Waals surface area contributed by atoms with Crippen molar-refractivity contribution in [1.82, 2.24) is 24.2 Å². The number of nitrogens with zero attached hydrogens (tertiary/aromatic N) is 4. The van der Waals surface area contributed by atoms with Crippen LogP contribution in [0.3, 0.4) is 0 Å². The van der Waals surface area contributed by atoms with E-state index in [0.29, 0.717) is 43.7 Å². The lowest BCUT2D eigenvalue weighted by atomic mass is 10.1. The van der Waals surface area contributed by atoms with Gasteiger partial charge in [0.1, 0.15) is 18.0 Å². The smallest absolute Gasteiger partial charge is 0.294 e. The summed E-state index contributed by atoms with van der Waals surface area (Å²) in [5.74, 6) is -0.122. The van der Waals surface area contributed by atoms with E-state index in [1.54, 1.807) is 12.3 Å². The van der Waals surface area contributed by atoms with E-state index in [1.807, 2.05) is 0 Å². The Labute approximate surface area is 213 Å². The highest BCUT2D eigenvalue weighted by molar-refractivity contribution is 7.88. The molecule has 0 aliphatic carbocycles. The average Bonchev–Trinajstić information content (AvgIpc) is 2.84. The number of anilines is 1. The lowest BCUT2D eigenvalue weighted by Gasteiger charge is -2.30. The Morgan fingerprint density at radius 2 is 1.76 bits per heavy atom. The van der Waals surface area contributed by atoms with Crippen molar-refractivity contribution in [2.45, 2.75) is 36.9 Å². The fourth-order valence-corrected chi connectivity index (χ4v) is 5.38. The van der Waals surface area contributed by atoms with Crippen LogP contribution in [-0.4, -0.2) is 71.5 Å². The number of sulfonamides is 1. The largest absolute Gasteiger partial charge is 0.325 e. The predicted molar refractivity (Wildman–Crippen MR) is 135 cm³/mol. The molecule has 2 aromatic heterocycles. The monoisotopic (exact) mass is 550 g/mol. The van der Waals surface area contributed by atoms with Gasteiger partial charge in [-0.15, -0.1) is 0 Å². The molecule has 0 radical (unpaired) electrons. The van der Waals surface area contributed by atoms with Gasteiger partial charge in [-0.3, -0.25) is 18.7 Å². The van der Waals surface area contributed by atoms with Crippen LogP contribution in [0.15, 0.2) is 52.3 Å². The van der Waals surface area contributed by atoms with Crippen molar-refractivity contribution in [3.05, 3.63) is 58.8 Å². The average molecular weight is 551 g/mol. The first kappa shape index (κ1) is 26.8. The summed E-state index contributed by atoms with van der Waals surface area (Å²) in [6, 6.07) is 7.90. The van der Waals surface area contributed by atoms with Gasteiger partial charge in [-0.25, -0.2) is 22.7 Å². The van der Waals surface area contributed by atoms with Gasteiger partial charge in [-0.1, -0.05) is 0 Å². The van der Waals surface area contributed by atoms with E-state index in [9.17, 15) is 26.4 Å². The van der Waals surface area contributed by atoms with Crippen molar-refractivity contribution >= 4 is 42.8 Å². The quantitative estimate of drug-likeness (QED) is 0.328. The van der Waals surface area contributed by atoms with Gasteiger partial charge in [0.2, 0.25) is 15.9 Å². The first-order valence-electron chi connectivity index (χ1n) is 11.3. The summed E-state index contributed by atoms with van der Waals surface area (Å²) in [6.07, 6.45) is 4.06. The van der Waals surface area contributed by atoms with Gasteiger partial charge in [0, 0.05) is 42.5 Å². The Morgan fingerprint density at radius 1 is 1.08 bits per heavy atom. The molecule has 0 saturated carbocycles. The minimum atomic E-state index is -4.35. The second-order valence-electron chi connectivity index (χ2n) is 8.69. The van der Waals surface area contributed by atoms with E-state index >= 15 is 0 Å². The molecular formula is C22H26N6O7S2. The minimum absolute atomic E-state index is 0.0910. The number of benzene rings is 1. The van der Waals surface area contributed by atoms with Crippen molar-refractivity contribution in [3.8, 4) is 0 Å². The Bertz CT molecular complexity index is 1580. The maximum atomic E-state index is 12.6. The van der Waals surface area contributed by atoms with Gasteiger partial charge in [0.05, 0.1) is 17.7 Å². The third-order valence-corrected chi connectivity index (χ3v) is 8.15. The van der Waals surface area contributed by atoms with E-state index in [4.69, 9.17) is 4.55 Å². The lowest BCUT2D eigenvalue weighted by Crippen LogP contribution is -2.44. The normalized spacial score (nSPS) is 15.6. The summed E-state index contributed by atoms with van der Waals surface area (Å²) in [6.45, 7) is 0.823. The molecule has 0 spiro atoms. The summed E-state index contributed by atoms with van der Waals surface area (Å²) in [4.78, 5) is 33.7. The van der Waals surface area contributed by atoms with Crippen LogP contribution in [0, 0.1) is 0 Å². The Hall–Kier alpha value is -3.24. The predicted octanol–water partition coefficient (Wildman–Crippen LogP) is 0.191. The van der Waals surface area contributed by atoms with Crippen molar-refractivity contribution in [1.29, 1.82) is 0 Å². The molecular weight excluding hydrogens is 524 g/mol. The first-order chi connectivity index (χ1) is 17.4. The Balaban J connectivity index is 1.45. The number of nitrogens with one attached hydrogen (secondary N) is 2. The fraction of sp³-hybridized carbons (Fsp3) is 0.364. The molecule has 1 amide bonds. The molecule has 3 N–H and O–H groups in total. The summed E-state index contributed by atoms with van der Waals surface area (Å²) >= 11 is 0. The van der Waals surface area contributed by atoms with Crippen LogP contribution < -0.4 is 16.2 Å². The molecule has 15 heteroatoms. The molecule has 0 atom stereocenters. The van der Waals surface area contributed by atoms with Crippen LogP contribution in [-0.2, 0) is 38.0 Å². The van der Waals surface area contributed by atoms with Crippen LogP contribution in [0.5, 0.6) is 0 Å². The highest BCUT2D eigenvalue weighted by Gasteiger charge is 2.24. The minimum Gasteiger partial charge on any atom is -0.325 e. The van der Waals surface area contributed by atoms with Crippen molar-refractivity contribution in [3.63, 3.8) is 0 Å². The summed E-state index contributed by atoms with van der Waals surface area (Å²) in [5, 5.41) is 6.47. The van der Waals surface area contributed by atoms with Crippen molar-refractivity contribution < 1.29 is 26.2 Å². The number of rotatable bonds is 8. The standard InChI is InChI=1S/C22H26N6O7S2/c1-36(31,32)27-10-8-16(9-11-27)23-13-19-24-12-15-2-7-21(30)28(22(15)26-19)14-20(29)25-17-3-5-18(6-4-17)37(33,34)35/h2-7,12,16,23H,8-11,13-14H2,1H3,(H,25,29)(H,33,34,35). The van der Waals surface area contributed by atoms with Crippen LogP contribution in [0.2, 0.25) is 0 Å². The van der Waals surface area contributed by atoms with Gasteiger partial charge < -0.3 is 10.6 Å². The van der Waals surface area contributed by atoms with E-state index in [-0.39, 0.29) is 28.8 Å². The second-order valence-corrected chi connectivity index (χ2v) is 12.1. The van der Waals surface area contributed by atoms with Gasteiger partial charge in [-0.05, 0) is 43.2 Å². The molecule has 1 saturated heterocycles. The Kier molecular flexibility index (Phi) is 7.70. The molecule has 13 nitrogen and oxygen atoms in total. The number of piperidine rings is 1. The zero-order valence-corrected chi connectivity index (χ0v) is 21.5. The lowest BCUT2D eigenvalue weighted by molar-refractivity contribution is -0.116. The first-order valence-corrected chi connectivity index (χ1v) is 14.6. The molecule has 37 heavy (non-hydrogen) atoms. The number of hydrogen-bond acceptors (Lipinski definition) is 9. The summed E-state index contributed by atoms with van der Waals surface area (Å²) in [7, 11) is -7.56. The molecule has 4 rings (SSSR count). The molecule has 0 unspecified atom stereocenters. The maximum absolute atomic E-state index is 12.6. The van der Waals surface area contributed by atoms with Gasteiger partial charge in [0.15, 0.2) is 0 Å². The van der Waals surface area contributed by atoms with Crippen LogP contribution in [0.1, 0.15) is 18.7 Å². The third kappa shape index (κ3) is 6.75. The van der Waals surface area contributed by atoms with Crippen LogP contribution in [0.25, 0.3) is 11.0 Å². The topological polar surface area (TPSA) is 181 Å². The molecule has 1 aliphatic rings. The maximum Gasteiger partial charge on any atom is 0.294 e. The number of carbonyl (C=O) groups excluding carboxylic acids is 1. The van der Waals surface area contributed by atoms with E-state index < -0.39 is 31.6 Å². The van der Waals surface area contributed by atoms with Crippen molar-refractivity contribution in [2.24, 2.45) is 0 Å². The van der Waals surface area contributed by atoms with Gasteiger partial charge in [0.25, 0.3) is 15.7 Å². The van der Waals surface area contributed by atoms with Gasteiger partial charge >= 0.3 is 0 Å². The molecule has 1 fully saturated rings. The molecule has 1 aliphatic heterocycles. The number of aromatic nitrogens is 3. The van der Waals surface area contributed by atoms with E-state index in [2.05, 4.69) is 20.6 Å². The number of carbonyl (C=O) groups is 1. The molecule has 0 bridgehead atoms. The Morgan fingerprint density at radius 3 is 2.38 bits per heavy atom. The SMILES string of the molecule is CS(=O)(=O)N1CCC(NCc2ncc3ccc(=O)n(CC(=O)Nc4ccc(S(=O)(=O)O)cc4)c3n2)CC1. The molecule has 198 valence electrons. The highest BCUT2D eigenvalue weighted by Crippen LogP contribution is 2.16. The summed E-state index contributed by atoms with van der Waals surface area (Å²) in [5.41, 5.74) is 0.130. The highest BCUT2D eigenvalue weighted by atomic mass is 32.2. The number of pyridine rings is 1. The van der Waals surface area contributed by atoms with E-state index in [0.717, 1.165) is 12.1 Å². The number of fused-ring (bicyclic) bond motifs is 1. The fourth-order valence-electron chi connectivity index (χ4n) is 4.03. The second kappa shape index (κ2) is 10.6. The van der Waals surface area contributed by atoms with Crippen LogP contribution in [0.4, 0.5) is 5.69 Å². The van der Waals surface area contributed by atoms with Crippen molar-refractivity contribution in [2.75, 3.05) is 24.7 Å². The number of amides is 1. The summed E-state index contributed by atoms with van der Waals surface area (Å²) < 4.78 is 57.4. The van der Waals surface area contributed by atoms with E-state index in [1.165, 1.54) is 33.3 Å². The molecule has 1 aromatic carbocycles. The molecule has 3 aromatic rings.